The standard InChI is InChI=1S/C10H9N3O2/c11-9-8(10(14)15)6-13(12-9)7-4-2-1-3-5-7/h1-6H,(H2,11,12)(H,14,15). The molecule has 0 fully saturated rings. The SMILES string of the molecule is Nc1nn(-c2ccccc2)cc1C(=O)O. The Morgan fingerprint density at radius 3 is 2.53 bits per heavy atom. The summed E-state index contributed by atoms with van der Waals surface area (Å²) in [5, 5.41) is 12.7. The van der Waals surface area contributed by atoms with Gasteiger partial charge in [-0.05, 0) is 12.1 Å². The highest BCUT2D eigenvalue weighted by Crippen LogP contribution is 2.13. The Labute approximate surface area is 85.8 Å². The van der Waals surface area contributed by atoms with Crippen LogP contribution in [-0.2, 0) is 0 Å². The van der Waals surface area contributed by atoms with Gasteiger partial charge in [0.2, 0.25) is 0 Å². The van der Waals surface area contributed by atoms with E-state index in [1.54, 1.807) is 0 Å². The van der Waals surface area contributed by atoms with Gasteiger partial charge in [0.05, 0.1) is 5.69 Å². The molecule has 0 aliphatic carbocycles. The molecular weight excluding hydrogens is 194 g/mol. The molecule has 15 heavy (non-hydrogen) atoms. The molecule has 3 N–H and O–H groups in total. The van der Waals surface area contributed by atoms with Crippen molar-refractivity contribution in [3.05, 3.63) is 42.1 Å². The Morgan fingerprint density at radius 2 is 2.00 bits per heavy atom. The van der Waals surface area contributed by atoms with Crippen molar-refractivity contribution in [3.8, 4) is 5.69 Å². The Bertz CT molecular complexity index is 491. The number of aromatic carboxylic acids is 1. The molecule has 0 saturated carbocycles. The van der Waals surface area contributed by atoms with E-state index in [-0.39, 0.29) is 11.4 Å². The molecule has 0 bridgehead atoms. The maximum Gasteiger partial charge on any atom is 0.341 e. The molecule has 2 aromatic rings. The van der Waals surface area contributed by atoms with Crippen LogP contribution in [0.3, 0.4) is 0 Å². The summed E-state index contributed by atoms with van der Waals surface area (Å²) in [5.41, 5.74) is 6.25. The Kier molecular flexibility index (Phi) is 2.13. The number of para-hydroxylation sites is 1. The van der Waals surface area contributed by atoms with Crippen molar-refractivity contribution in [2.45, 2.75) is 0 Å². The van der Waals surface area contributed by atoms with Crippen LogP contribution in [0.25, 0.3) is 5.69 Å². The number of hydrogen-bond acceptors (Lipinski definition) is 3. The Hall–Kier alpha value is -2.30. The van der Waals surface area contributed by atoms with Crippen molar-refractivity contribution in [2.24, 2.45) is 0 Å². The highest BCUT2D eigenvalue weighted by atomic mass is 16.4. The first-order valence-electron chi connectivity index (χ1n) is 4.32. The molecular formula is C10H9N3O2. The number of rotatable bonds is 2. The molecule has 5 heteroatoms. The van der Waals surface area contributed by atoms with Gasteiger partial charge in [-0.1, -0.05) is 18.2 Å². The highest BCUT2D eigenvalue weighted by molar-refractivity contribution is 5.92. The lowest BCUT2D eigenvalue weighted by Gasteiger charge is -1.98. The number of carbonyl (C=O) groups is 1. The van der Waals surface area contributed by atoms with Crippen LogP contribution in [0, 0.1) is 0 Å². The summed E-state index contributed by atoms with van der Waals surface area (Å²) in [6, 6.07) is 9.19. The molecule has 0 radical (unpaired) electrons. The minimum atomic E-state index is -1.07. The molecule has 0 aliphatic rings. The fraction of sp³-hybridized carbons (Fsp3) is 0. The second-order valence-corrected chi connectivity index (χ2v) is 3.01. The lowest BCUT2D eigenvalue weighted by molar-refractivity contribution is 0.0698. The quantitative estimate of drug-likeness (QED) is 0.767. The molecule has 1 aromatic heterocycles. The van der Waals surface area contributed by atoms with Gasteiger partial charge in [-0.3, -0.25) is 0 Å². The second kappa shape index (κ2) is 3.45. The van der Waals surface area contributed by atoms with E-state index in [4.69, 9.17) is 10.8 Å². The summed E-state index contributed by atoms with van der Waals surface area (Å²) in [5.74, 6) is -1.05. The normalized spacial score (nSPS) is 10.1. The maximum absolute atomic E-state index is 10.7. The van der Waals surface area contributed by atoms with E-state index in [0.717, 1.165) is 5.69 Å². The summed E-state index contributed by atoms with van der Waals surface area (Å²) in [7, 11) is 0. The number of nitrogens with two attached hydrogens (primary N) is 1. The minimum absolute atomic E-state index is 0.0128. The monoisotopic (exact) mass is 203 g/mol. The first-order chi connectivity index (χ1) is 7.18. The minimum Gasteiger partial charge on any atom is -0.477 e. The number of anilines is 1. The van der Waals surface area contributed by atoms with Gasteiger partial charge in [-0.25, -0.2) is 9.48 Å². The number of benzene rings is 1. The van der Waals surface area contributed by atoms with Crippen LogP contribution in [0.15, 0.2) is 36.5 Å². The van der Waals surface area contributed by atoms with Gasteiger partial charge < -0.3 is 10.8 Å². The molecule has 0 amide bonds. The fourth-order valence-corrected chi connectivity index (χ4v) is 1.27. The predicted octanol–water partition coefficient (Wildman–Crippen LogP) is 1.15. The highest BCUT2D eigenvalue weighted by Gasteiger charge is 2.12. The van der Waals surface area contributed by atoms with Crippen LogP contribution >= 0.6 is 0 Å². The Morgan fingerprint density at radius 1 is 1.33 bits per heavy atom. The molecule has 2 rings (SSSR count). The third kappa shape index (κ3) is 1.67. The van der Waals surface area contributed by atoms with E-state index >= 15 is 0 Å². The third-order valence-corrected chi connectivity index (χ3v) is 1.99. The molecule has 0 atom stereocenters. The number of hydrogen-bond donors (Lipinski definition) is 2. The zero-order chi connectivity index (χ0) is 10.8. The van der Waals surface area contributed by atoms with Crippen molar-refractivity contribution in [3.63, 3.8) is 0 Å². The second-order valence-electron chi connectivity index (χ2n) is 3.01. The van der Waals surface area contributed by atoms with Crippen molar-refractivity contribution < 1.29 is 9.90 Å². The van der Waals surface area contributed by atoms with Crippen LogP contribution in [0.1, 0.15) is 10.4 Å². The Balaban J connectivity index is 2.48. The van der Waals surface area contributed by atoms with Gasteiger partial charge in [0, 0.05) is 6.20 Å². The van der Waals surface area contributed by atoms with E-state index in [9.17, 15) is 4.79 Å². The fourth-order valence-electron chi connectivity index (χ4n) is 1.27. The third-order valence-electron chi connectivity index (χ3n) is 1.99. The topological polar surface area (TPSA) is 81.1 Å². The van der Waals surface area contributed by atoms with Crippen LogP contribution in [-0.4, -0.2) is 20.9 Å². The van der Waals surface area contributed by atoms with Crippen molar-refractivity contribution in [1.29, 1.82) is 0 Å². The lowest BCUT2D eigenvalue weighted by Crippen LogP contribution is -1.98. The molecule has 0 spiro atoms. The number of nitrogens with zero attached hydrogens (tertiary/aromatic N) is 2. The van der Waals surface area contributed by atoms with Crippen molar-refractivity contribution in [2.75, 3.05) is 5.73 Å². The van der Waals surface area contributed by atoms with E-state index in [1.807, 2.05) is 30.3 Å². The number of carboxylic acid groups (broad SMARTS) is 1. The number of carboxylic acids is 1. The van der Waals surface area contributed by atoms with Gasteiger partial charge in [0.25, 0.3) is 0 Å². The van der Waals surface area contributed by atoms with Crippen LogP contribution in [0.2, 0.25) is 0 Å². The summed E-state index contributed by atoms with van der Waals surface area (Å²) in [6.45, 7) is 0. The van der Waals surface area contributed by atoms with Gasteiger partial charge in [0.15, 0.2) is 5.82 Å². The van der Waals surface area contributed by atoms with Gasteiger partial charge in [0.1, 0.15) is 5.56 Å². The number of nitrogen functional groups attached to an aromatic ring is 1. The van der Waals surface area contributed by atoms with Crippen LogP contribution < -0.4 is 5.73 Å². The first kappa shape index (κ1) is 9.26. The molecule has 0 saturated heterocycles. The van der Waals surface area contributed by atoms with E-state index < -0.39 is 5.97 Å². The average molecular weight is 203 g/mol. The molecule has 1 aromatic carbocycles. The lowest BCUT2D eigenvalue weighted by atomic mass is 10.3. The van der Waals surface area contributed by atoms with Gasteiger partial charge >= 0.3 is 5.97 Å². The smallest absolute Gasteiger partial charge is 0.341 e. The molecule has 0 unspecified atom stereocenters. The van der Waals surface area contributed by atoms with Gasteiger partial charge in [-0.15, -0.1) is 5.10 Å². The molecule has 5 nitrogen and oxygen atoms in total. The van der Waals surface area contributed by atoms with Crippen molar-refractivity contribution in [1.82, 2.24) is 9.78 Å². The average Bonchev–Trinajstić information content (AvgIpc) is 2.62. The summed E-state index contributed by atoms with van der Waals surface area (Å²) in [6.07, 6.45) is 1.40. The largest absolute Gasteiger partial charge is 0.477 e. The molecule has 0 aliphatic heterocycles. The van der Waals surface area contributed by atoms with Crippen LogP contribution in [0.5, 0.6) is 0 Å². The van der Waals surface area contributed by atoms with E-state index in [0.29, 0.717) is 0 Å². The maximum atomic E-state index is 10.7. The molecule has 76 valence electrons. The first-order valence-corrected chi connectivity index (χ1v) is 4.32. The summed E-state index contributed by atoms with van der Waals surface area (Å²) >= 11 is 0. The van der Waals surface area contributed by atoms with Crippen LogP contribution in [0.4, 0.5) is 5.82 Å². The zero-order valence-corrected chi connectivity index (χ0v) is 7.79. The zero-order valence-electron chi connectivity index (χ0n) is 7.79. The predicted molar refractivity (Wildman–Crippen MR) is 54.9 cm³/mol. The van der Waals surface area contributed by atoms with E-state index in [1.165, 1.54) is 10.9 Å². The van der Waals surface area contributed by atoms with E-state index in [2.05, 4.69) is 5.10 Å². The molecule has 1 heterocycles. The number of aromatic nitrogens is 2. The van der Waals surface area contributed by atoms with Gasteiger partial charge in [-0.2, -0.15) is 0 Å². The summed E-state index contributed by atoms with van der Waals surface area (Å²) < 4.78 is 1.44. The summed E-state index contributed by atoms with van der Waals surface area (Å²) in [4.78, 5) is 10.7. The van der Waals surface area contributed by atoms with Crippen molar-refractivity contribution >= 4 is 11.8 Å².